The third-order valence-electron chi connectivity index (χ3n) is 5.30. The van der Waals surface area contributed by atoms with Crippen molar-refractivity contribution in [3.05, 3.63) is 35.4 Å². The number of nitrogens with zero attached hydrogens (tertiary/aromatic N) is 1. The fourth-order valence-electron chi connectivity index (χ4n) is 3.85. The van der Waals surface area contributed by atoms with Gasteiger partial charge in [-0.2, -0.15) is 0 Å². The molecule has 5 nitrogen and oxygen atoms in total. The van der Waals surface area contributed by atoms with Gasteiger partial charge in [0.05, 0.1) is 0 Å². The fraction of sp³-hybridized carbons (Fsp3) is 0.652. The van der Waals surface area contributed by atoms with E-state index in [1.165, 1.54) is 6.42 Å². The quantitative estimate of drug-likeness (QED) is 0.810. The van der Waals surface area contributed by atoms with Gasteiger partial charge in [-0.3, -0.25) is 14.5 Å². The highest BCUT2D eigenvalue weighted by Gasteiger charge is 2.33. The Morgan fingerprint density at radius 3 is 1.86 bits per heavy atom. The number of rotatable bonds is 5. The minimum Gasteiger partial charge on any atom is -0.350 e. The molecule has 1 heterocycles. The van der Waals surface area contributed by atoms with E-state index < -0.39 is 0 Å². The Morgan fingerprint density at radius 1 is 0.929 bits per heavy atom. The first-order valence-corrected chi connectivity index (χ1v) is 10.3. The van der Waals surface area contributed by atoms with Crippen molar-refractivity contribution < 1.29 is 9.59 Å². The molecule has 0 radical (unpaired) electrons. The average molecular weight is 388 g/mol. The summed E-state index contributed by atoms with van der Waals surface area (Å²) < 4.78 is 0. The summed E-state index contributed by atoms with van der Waals surface area (Å²) in [6.07, 6.45) is 1.27. The predicted molar refractivity (Wildman–Crippen MR) is 115 cm³/mol. The first kappa shape index (κ1) is 22.4. The maximum absolute atomic E-state index is 12.6. The molecule has 5 heteroatoms. The van der Waals surface area contributed by atoms with Crippen molar-refractivity contribution in [3.63, 3.8) is 0 Å². The lowest BCUT2D eigenvalue weighted by atomic mass is 9.88. The number of amides is 2. The van der Waals surface area contributed by atoms with Gasteiger partial charge in [0.2, 0.25) is 0 Å². The van der Waals surface area contributed by atoms with Crippen LogP contribution < -0.4 is 10.6 Å². The SMILES string of the molecule is CC1CC(C)CN(C(C)(C)CNC(=O)c2ccc(C(=O)NC(C)(C)C)cc2)C1. The first-order valence-electron chi connectivity index (χ1n) is 10.3. The van der Waals surface area contributed by atoms with Crippen LogP contribution >= 0.6 is 0 Å². The maximum atomic E-state index is 12.6. The largest absolute Gasteiger partial charge is 0.350 e. The maximum Gasteiger partial charge on any atom is 0.251 e. The molecule has 0 bridgehead atoms. The Kier molecular flexibility index (Phi) is 6.92. The van der Waals surface area contributed by atoms with E-state index in [0.29, 0.717) is 29.5 Å². The average Bonchev–Trinajstić information content (AvgIpc) is 2.57. The molecular formula is C23H37N3O2. The topological polar surface area (TPSA) is 61.4 Å². The Hall–Kier alpha value is -1.88. The molecule has 2 amide bonds. The molecule has 2 rings (SSSR count). The van der Waals surface area contributed by atoms with Crippen LogP contribution in [-0.2, 0) is 0 Å². The van der Waals surface area contributed by atoms with Gasteiger partial charge in [-0.25, -0.2) is 0 Å². The number of piperidine rings is 1. The molecule has 1 aliphatic heterocycles. The standard InChI is InChI=1S/C23H37N3O2/c1-16-12-17(2)14-26(13-16)23(6,7)15-24-20(27)18-8-10-19(11-9-18)21(28)25-22(3,4)5/h8-11,16-17H,12-15H2,1-7H3,(H,24,27)(H,25,28). The zero-order chi connectivity index (χ0) is 21.1. The molecule has 1 fully saturated rings. The summed E-state index contributed by atoms with van der Waals surface area (Å²) in [5.41, 5.74) is 0.749. The molecule has 1 aromatic rings. The van der Waals surface area contributed by atoms with E-state index in [-0.39, 0.29) is 22.9 Å². The number of hydrogen-bond donors (Lipinski definition) is 2. The Bertz CT molecular complexity index is 679. The zero-order valence-corrected chi connectivity index (χ0v) is 18.6. The Balaban J connectivity index is 1.94. The molecule has 2 unspecified atom stereocenters. The molecule has 0 aromatic heterocycles. The minimum absolute atomic E-state index is 0.0921. The molecule has 156 valence electrons. The van der Waals surface area contributed by atoms with Crippen LogP contribution in [0.2, 0.25) is 0 Å². The molecule has 2 N–H and O–H groups in total. The van der Waals surface area contributed by atoms with Crippen LogP contribution in [0.1, 0.15) is 75.6 Å². The molecule has 0 spiro atoms. The molecule has 0 aliphatic carbocycles. The molecular weight excluding hydrogens is 350 g/mol. The number of carbonyl (C=O) groups is 2. The Labute approximate surface area is 170 Å². The van der Waals surface area contributed by atoms with Crippen molar-refractivity contribution in [3.8, 4) is 0 Å². The van der Waals surface area contributed by atoms with Crippen LogP contribution in [0.25, 0.3) is 0 Å². The summed E-state index contributed by atoms with van der Waals surface area (Å²) in [7, 11) is 0. The number of hydrogen-bond acceptors (Lipinski definition) is 3. The third kappa shape index (κ3) is 6.33. The fourth-order valence-corrected chi connectivity index (χ4v) is 3.85. The van der Waals surface area contributed by atoms with Gasteiger partial charge in [-0.05, 0) is 77.1 Å². The summed E-state index contributed by atoms with van der Waals surface area (Å²) in [5, 5.41) is 6.00. The van der Waals surface area contributed by atoms with Crippen LogP contribution in [0, 0.1) is 11.8 Å². The summed E-state index contributed by atoms with van der Waals surface area (Å²) in [5.74, 6) is 1.14. The van der Waals surface area contributed by atoms with Gasteiger partial charge < -0.3 is 10.6 Å². The lowest BCUT2D eigenvalue weighted by molar-refractivity contribution is 0.0445. The number of nitrogens with one attached hydrogen (secondary N) is 2. The first-order chi connectivity index (χ1) is 12.9. The lowest BCUT2D eigenvalue weighted by Crippen LogP contribution is -2.56. The van der Waals surface area contributed by atoms with Crippen LogP contribution in [-0.4, -0.2) is 47.4 Å². The minimum atomic E-state index is -0.290. The normalized spacial score (nSPS) is 21.2. The predicted octanol–water partition coefficient (Wildman–Crippen LogP) is 3.70. The number of likely N-dealkylation sites (tertiary alicyclic amines) is 1. The van der Waals surface area contributed by atoms with Gasteiger partial charge >= 0.3 is 0 Å². The molecule has 1 aliphatic rings. The van der Waals surface area contributed by atoms with Crippen LogP contribution in [0.4, 0.5) is 0 Å². The summed E-state index contributed by atoms with van der Waals surface area (Å²) in [6, 6.07) is 6.83. The van der Waals surface area contributed by atoms with Gasteiger partial charge in [-0.1, -0.05) is 13.8 Å². The number of benzene rings is 1. The molecule has 1 aromatic carbocycles. The van der Waals surface area contributed by atoms with E-state index in [4.69, 9.17) is 0 Å². The van der Waals surface area contributed by atoms with E-state index in [2.05, 4.69) is 43.2 Å². The summed E-state index contributed by atoms with van der Waals surface area (Å²) >= 11 is 0. The highest BCUT2D eigenvalue weighted by atomic mass is 16.2. The van der Waals surface area contributed by atoms with Gasteiger partial charge in [0, 0.05) is 41.8 Å². The van der Waals surface area contributed by atoms with Crippen molar-refractivity contribution in [2.24, 2.45) is 11.8 Å². The number of carbonyl (C=O) groups excluding carboxylic acids is 2. The van der Waals surface area contributed by atoms with Crippen LogP contribution in [0.5, 0.6) is 0 Å². The van der Waals surface area contributed by atoms with Crippen LogP contribution in [0.15, 0.2) is 24.3 Å². The van der Waals surface area contributed by atoms with E-state index in [9.17, 15) is 9.59 Å². The summed E-state index contributed by atoms with van der Waals surface area (Å²) in [6.45, 7) is 17.6. The van der Waals surface area contributed by atoms with Crippen molar-refractivity contribution in [1.29, 1.82) is 0 Å². The van der Waals surface area contributed by atoms with E-state index in [1.807, 2.05) is 20.8 Å². The van der Waals surface area contributed by atoms with Gasteiger partial charge in [0.1, 0.15) is 0 Å². The molecule has 28 heavy (non-hydrogen) atoms. The second-order valence-electron chi connectivity index (χ2n) is 10.1. The van der Waals surface area contributed by atoms with Crippen molar-refractivity contribution >= 4 is 11.8 Å². The molecule has 0 saturated carbocycles. The zero-order valence-electron chi connectivity index (χ0n) is 18.6. The van der Waals surface area contributed by atoms with E-state index in [1.54, 1.807) is 24.3 Å². The smallest absolute Gasteiger partial charge is 0.251 e. The highest BCUT2D eigenvalue weighted by molar-refractivity contribution is 5.98. The van der Waals surface area contributed by atoms with Crippen LogP contribution in [0.3, 0.4) is 0 Å². The Morgan fingerprint density at radius 2 is 1.39 bits per heavy atom. The third-order valence-corrected chi connectivity index (χ3v) is 5.30. The monoisotopic (exact) mass is 387 g/mol. The van der Waals surface area contributed by atoms with Crippen molar-refractivity contribution in [2.45, 2.75) is 66.0 Å². The second-order valence-corrected chi connectivity index (χ2v) is 10.1. The van der Waals surface area contributed by atoms with Gasteiger partial charge in [0.15, 0.2) is 0 Å². The molecule has 2 atom stereocenters. The highest BCUT2D eigenvalue weighted by Crippen LogP contribution is 2.26. The summed E-state index contributed by atoms with van der Waals surface area (Å²) in [4.78, 5) is 27.3. The van der Waals surface area contributed by atoms with Gasteiger partial charge in [0.25, 0.3) is 11.8 Å². The second kappa shape index (κ2) is 8.64. The van der Waals surface area contributed by atoms with Gasteiger partial charge in [-0.15, -0.1) is 0 Å². The van der Waals surface area contributed by atoms with Crippen molar-refractivity contribution in [1.82, 2.24) is 15.5 Å². The lowest BCUT2D eigenvalue weighted by Gasteiger charge is -2.45. The van der Waals surface area contributed by atoms with E-state index in [0.717, 1.165) is 13.1 Å². The van der Waals surface area contributed by atoms with E-state index >= 15 is 0 Å². The van der Waals surface area contributed by atoms with Crippen molar-refractivity contribution in [2.75, 3.05) is 19.6 Å². The molecule has 1 saturated heterocycles.